The number of halogens is 4. The van der Waals surface area contributed by atoms with Gasteiger partial charge in [-0.2, -0.15) is 8.78 Å². The molecule has 0 aliphatic rings. The van der Waals surface area contributed by atoms with Gasteiger partial charge in [-0.3, -0.25) is 9.59 Å². The van der Waals surface area contributed by atoms with Crippen LogP contribution in [0.1, 0.15) is 48.4 Å². The van der Waals surface area contributed by atoms with E-state index in [0.717, 1.165) is 6.20 Å². The van der Waals surface area contributed by atoms with Crippen molar-refractivity contribution < 1.29 is 31.9 Å². The molecular formula is C21H24F4N4O3. The fourth-order valence-corrected chi connectivity index (χ4v) is 2.46. The zero-order valence-corrected chi connectivity index (χ0v) is 18.0. The van der Waals surface area contributed by atoms with Gasteiger partial charge in [-0.25, -0.2) is 18.7 Å². The molecule has 0 saturated carbocycles. The Morgan fingerprint density at radius 2 is 1.84 bits per heavy atom. The van der Waals surface area contributed by atoms with Gasteiger partial charge in [-0.15, -0.1) is 0 Å². The number of amides is 2. The molecule has 0 saturated heterocycles. The highest BCUT2D eigenvalue weighted by Gasteiger charge is 2.41. The van der Waals surface area contributed by atoms with Gasteiger partial charge in [0.1, 0.15) is 17.3 Å². The van der Waals surface area contributed by atoms with Crippen molar-refractivity contribution in [2.75, 3.05) is 11.9 Å². The van der Waals surface area contributed by atoms with E-state index in [1.165, 1.54) is 19.2 Å². The van der Waals surface area contributed by atoms with E-state index in [9.17, 15) is 27.2 Å². The number of pyridine rings is 2. The quantitative estimate of drug-likeness (QED) is 0.553. The van der Waals surface area contributed by atoms with Gasteiger partial charge in [0, 0.05) is 12.1 Å². The number of hydrogen-bond donors (Lipinski definition) is 2. The fraction of sp³-hybridized carbons (Fsp3) is 0.429. The predicted molar refractivity (Wildman–Crippen MR) is 109 cm³/mol. The monoisotopic (exact) mass is 456 g/mol. The Kier molecular flexibility index (Phi) is 8.12. The van der Waals surface area contributed by atoms with Crippen molar-refractivity contribution in [2.24, 2.45) is 5.92 Å². The molecular weight excluding hydrogens is 432 g/mol. The van der Waals surface area contributed by atoms with Crippen molar-refractivity contribution in [3.8, 4) is 5.75 Å². The average molecular weight is 456 g/mol. The molecule has 2 amide bonds. The van der Waals surface area contributed by atoms with E-state index in [4.69, 9.17) is 4.74 Å². The lowest BCUT2D eigenvalue weighted by Crippen LogP contribution is -2.34. The molecule has 0 radical (unpaired) electrons. The molecule has 0 bridgehead atoms. The van der Waals surface area contributed by atoms with Crippen molar-refractivity contribution >= 4 is 17.6 Å². The van der Waals surface area contributed by atoms with E-state index in [1.54, 1.807) is 32.9 Å². The van der Waals surface area contributed by atoms with Gasteiger partial charge in [-0.05, 0) is 43.2 Å². The lowest BCUT2D eigenvalue weighted by Gasteiger charge is -2.18. The number of hydrogen-bond acceptors (Lipinski definition) is 5. The number of nitrogens with zero attached hydrogens (tertiary/aromatic N) is 2. The zero-order chi connectivity index (χ0) is 24.1. The topological polar surface area (TPSA) is 93.2 Å². The summed E-state index contributed by atoms with van der Waals surface area (Å²) in [6.45, 7) is 5.19. The molecule has 11 heteroatoms. The second-order valence-electron chi connectivity index (χ2n) is 7.50. The Morgan fingerprint density at radius 1 is 1.16 bits per heavy atom. The summed E-state index contributed by atoms with van der Waals surface area (Å²) in [5, 5.41) is 5.41. The summed E-state index contributed by atoms with van der Waals surface area (Å²) in [6.07, 6.45) is -1.32. The predicted octanol–water partition coefficient (Wildman–Crippen LogP) is 4.15. The number of aromatic nitrogens is 2. The fourth-order valence-electron chi connectivity index (χ4n) is 2.46. The van der Waals surface area contributed by atoms with Crippen LogP contribution in [-0.4, -0.2) is 40.7 Å². The highest BCUT2D eigenvalue weighted by molar-refractivity contribution is 5.93. The van der Waals surface area contributed by atoms with E-state index in [-0.39, 0.29) is 28.8 Å². The van der Waals surface area contributed by atoms with Crippen LogP contribution in [0.25, 0.3) is 0 Å². The van der Waals surface area contributed by atoms with Gasteiger partial charge in [0.2, 0.25) is 5.91 Å². The SMILES string of the molecule is Cc1cc(C(=O)NC(C)c2ccnc(NC(=O)C(C)C)c2)ncc1OCC(F)(F)C(F)F. The Labute approximate surface area is 182 Å². The van der Waals surface area contributed by atoms with Gasteiger partial charge >= 0.3 is 12.3 Å². The number of anilines is 1. The molecule has 2 aromatic rings. The van der Waals surface area contributed by atoms with Crippen LogP contribution in [0.4, 0.5) is 23.4 Å². The van der Waals surface area contributed by atoms with E-state index >= 15 is 0 Å². The molecule has 0 aliphatic carbocycles. The minimum Gasteiger partial charge on any atom is -0.485 e. The Morgan fingerprint density at radius 3 is 2.44 bits per heavy atom. The molecule has 32 heavy (non-hydrogen) atoms. The smallest absolute Gasteiger partial charge is 0.340 e. The lowest BCUT2D eigenvalue weighted by atomic mass is 10.1. The third-order valence-corrected chi connectivity index (χ3v) is 4.44. The molecule has 7 nitrogen and oxygen atoms in total. The van der Waals surface area contributed by atoms with Crippen LogP contribution in [-0.2, 0) is 4.79 Å². The van der Waals surface area contributed by atoms with Gasteiger partial charge in [0.15, 0.2) is 6.61 Å². The second-order valence-corrected chi connectivity index (χ2v) is 7.50. The first-order valence-electron chi connectivity index (χ1n) is 9.73. The Hall–Kier alpha value is -3.24. The number of carbonyl (C=O) groups excluding carboxylic acids is 2. The van der Waals surface area contributed by atoms with E-state index in [0.29, 0.717) is 11.4 Å². The number of aryl methyl sites for hydroxylation is 1. The van der Waals surface area contributed by atoms with Crippen LogP contribution in [0, 0.1) is 12.8 Å². The number of carbonyl (C=O) groups is 2. The van der Waals surface area contributed by atoms with Crippen molar-refractivity contribution in [3.05, 3.63) is 47.4 Å². The first-order valence-corrected chi connectivity index (χ1v) is 9.73. The van der Waals surface area contributed by atoms with Crippen molar-refractivity contribution in [1.29, 1.82) is 0 Å². The summed E-state index contributed by atoms with van der Waals surface area (Å²) < 4.78 is 55.3. The summed E-state index contributed by atoms with van der Waals surface area (Å²) >= 11 is 0. The third-order valence-electron chi connectivity index (χ3n) is 4.44. The first-order chi connectivity index (χ1) is 14.9. The van der Waals surface area contributed by atoms with Gasteiger partial charge < -0.3 is 15.4 Å². The molecule has 1 atom stereocenters. The molecule has 0 aliphatic heterocycles. The summed E-state index contributed by atoms with van der Waals surface area (Å²) in [5.74, 6) is -5.04. The zero-order valence-electron chi connectivity index (χ0n) is 18.0. The Balaban J connectivity index is 2.04. The maximum Gasteiger partial charge on any atom is 0.340 e. The van der Waals surface area contributed by atoms with Gasteiger partial charge in [-0.1, -0.05) is 13.8 Å². The maximum atomic E-state index is 13.0. The molecule has 0 fully saturated rings. The number of nitrogens with one attached hydrogen (secondary N) is 2. The third kappa shape index (κ3) is 6.63. The molecule has 2 N–H and O–H groups in total. The summed E-state index contributed by atoms with van der Waals surface area (Å²) in [5.41, 5.74) is 0.952. The van der Waals surface area contributed by atoms with Crippen molar-refractivity contribution in [3.63, 3.8) is 0 Å². The van der Waals surface area contributed by atoms with Crippen LogP contribution < -0.4 is 15.4 Å². The van der Waals surface area contributed by atoms with Gasteiger partial charge in [0.05, 0.1) is 12.2 Å². The molecule has 0 aromatic carbocycles. The van der Waals surface area contributed by atoms with Crippen LogP contribution in [0.2, 0.25) is 0 Å². The highest BCUT2D eigenvalue weighted by Crippen LogP contribution is 2.26. The maximum absolute atomic E-state index is 13.0. The van der Waals surface area contributed by atoms with Crippen LogP contribution >= 0.6 is 0 Å². The molecule has 2 aromatic heterocycles. The molecule has 0 spiro atoms. The van der Waals surface area contributed by atoms with E-state index in [2.05, 4.69) is 20.6 Å². The molecule has 1 unspecified atom stereocenters. The summed E-state index contributed by atoms with van der Waals surface area (Å²) in [4.78, 5) is 32.3. The second kappa shape index (κ2) is 10.4. The van der Waals surface area contributed by atoms with Crippen LogP contribution in [0.15, 0.2) is 30.6 Å². The first kappa shape index (κ1) is 25.0. The minimum absolute atomic E-state index is 0.00953. The largest absolute Gasteiger partial charge is 0.485 e. The average Bonchev–Trinajstić information content (AvgIpc) is 2.72. The normalized spacial score (nSPS) is 12.6. The molecule has 174 valence electrons. The Bertz CT molecular complexity index is 970. The van der Waals surface area contributed by atoms with E-state index in [1.807, 2.05) is 0 Å². The lowest BCUT2D eigenvalue weighted by molar-refractivity contribution is -0.148. The molecule has 2 rings (SSSR count). The number of alkyl halides is 4. The summed E-state index contributed by atoms with van der Waals surface area (Å²) in [6, 6.07) is 4.14. The number of rotatable bonds is 9. The van der Waals surface area contributed by atoms with Gasteiger partial charge in [0.25, 0.3) is 5.91 Å². The van der Waals surface area contributed by atoms with Crippen LogP contribution in [0.3, 0.4) is 0 Å². The van der Waals surface area contributed by atoms with Crippen LogP contribution in [0.5, 0.6) is 5.75 Å². The van der Waals surface area contributed by atoms with Crippen molar-refractivity contribution in [2.45, 2.75) is 46.1 Å². The molecule has 2 heterocycles. The van der Waals surface area contributed by atoms with E-state index < -0.39 is 30.9 Å². The summed E-state index contributed by atoms with van der Waals surface area (Å²) in [7, 11) is 0. The highest BCUT2D eigenvalue weighted by atomic mass is 19.3. The minimum atomic E-state index is -4.30. The standard InChI is InChI=1S/C21H24F4N4O3/c1-11(2)18(30)29-17-8-14(5-6-26-17)13(4)28-19(31)15-7-12(3)16(9-27-15)32-10-21(24,25)20(22)23/h5-9,11,13,20H,10H2,1-4H3,(H,28,31)(H,26,29,30). The number of ether oxygens (including phenoxy) is 1. The van der Waals surface area contributed by atoms with Crippen molar-refractivity contribution in [1.82, 2.24) is 15.3 Å².